The molecule has 0 bridgehead atoms. The fraction of sp³-hybridized carbons (Fsp3) is 0.625. The van der Waals surface area contributed by atoms with E-state index in [9.17, 15) is 4.79 Å². The molecule has 1 N–H and O–H groups in total. The highest BCUT2D eigenvalue weighted by atomic mass is 16.5. The minimum atomic E-state index is -0.887. The molecule has 0 aliphatic carbocycles. The van der Waals surface area contributed by atoms with Gasteiger partial charge in [0.2, 0.25) is 0 Å². The van der Waals surface area contributed by atoms with Crippen LogP contribution in [-0.2, 0) is 9.53 Å². The molecule has 14 heavy (non-hydrogen) atoms. The Hall–Kier alpha value is -1.43. The van der Waals surface area contributed by atoms with E-state index in [1.165, 1.54) is 12.7 Å². The van der Waals surface area contributed by atoms with Gasteiger partial charge in [0.05, 0.1) is 19.3 Å². The molecule has 0 radical (unpaired) electrons. The molecule has 2 atom stereocenters. The molecule has 1 aromatic rings. The van der Waals surface area contributed by atoms with Gasteiger partial charge >= 0.3 is 5.97 Å². The Morgan fingerprint density at radius 3 is 2.86 bits per heavy atom. The van der Waals surface area contributed by atoms with Gasteiger partial charge in [0.1, 0.15) is 18.1 Å². The largest absolute Gasteiger partial charge is 0.481 e. The maximum Gasteiger partial charge on any atom is 0.313 e. The fourth-order valence-electron chi connectivity index (χ4n) is 1.65. The Bertz CT molecular complexity index is 338. The SMILES string of the molecule is CC1(C(=O)O)COCC1n1cnnc1. The second-order valence-corrected chi connectivity index (χ2v) is 3.66. The van der Waals surface area contributed by atoms with Crippen LogP contribution in [0.25, 0.3) is 0 Å². The zero-order chi connectivity index (χ0) is 10.2. The molecule has 2 unspecified atom stereocenters. The summed E-state index contributed by atoms with van der Waals surface area (Å²) in [5.74, 6) is -0.853. The molecule has 2 heterocycles. The number of aliphatic carboxylic acids is 1. The number of carboxylic acid groups (broad SMARTS) is 1. The number of hydrogen-bond acceptors (Lipinski definition) is 4. The number of nitrogens with zero attached hydrogens (tertiary/aromatic N) is 3. The molecule has 1 saturated heterocycles. The van der Waals surface area contributed by atoms with Crippen molar-refractivity contribution in [2.75, 3.05) is 13.2 Å². The third-order valence-electron chi connectivity index (χ3n) is 2.70. The molecule has 0 aromatic carbocycles. The number of carboxylic acids is 1. The molecular weight excluding hydrogens is 186 g/mol. The quantitative estimate of drug-likeness (QED) is 0.718. The van der Waals surface area contributed by atoms with Crippen LogP contribution in [-0.4, -0.2) is 39.1 Å². The summed E-state index contributed by atoms with van der Waals surface area (Å²) in [7, 11) is 0. The third-order valence-corrected chi connectivity index (χ3v) is 2.70. The van der Waals surface area contributed by atoms with Gasteiger partial charge in [-0.15, -0.1) is 10.2 Å². The molecular formula is C8H11N3O3. The Morgan fingerprint density at radius 1 is 1.64 bits per heavy atom. The summed E-state index contributed by atoms with van der Waals surface area (Å²) in [4.78, 5) is 11.1. The first-order valence-corrected chi connectivity index (χ1v) is 4.30. The topological polar surface area (TPSA) is 77.2 Å². The average Bonchev–Trinajstić information content (AvgIpc) is 2.72. The standard InChI is InChI=1S/C8H11N3O3/c1-8(7(12)13)3-14-2-6(8)11-4-9-10-5-11/h4-6H,2-3H2,1H3,(H,12,13). The predicted octanol–water partition coefficient (Wildman–Crippen LogP) is -0.0597. The van der Waals surface area contributed by atoms with Gasteiger partial charge in [0, 0.05) is 0 Å². The lowest BCUT2D eigenvalue weighted by molar-refractivity contribution is -0.149. The van der Waals surface area contributed by atoms with Crippen molar-refractivity contribution in [2.24, 2.45) is 5.41 Å². The lowest BCUT2D eigenvalue weighted by atomic mass is 9.85. The summed E-state index contributed by atoms with van der Waals surface area (Å²) >= 11 is 0. The van der Waals surface area contributed by atoms with Crippen LogP contribution < -0.4 is 0 Å². The van der Waals surface area contributed by atoms with Crippen LogP contribution in [0.4, 0.5) is 0 Å². The minimum Gasteiger partial charge on any atom is -0.481 e. The fourth-order valence-corrected chi connectivity index (χ4v) is 1.65. The van der Waals surface area contributed by atoms with E-state index in [1.807, 2.05) is 0 Å². The lowest BCUT2D eigenvalue weighted by Gasteiger charge is -2.24. The number of carbonyl (C=O) groups is 1. The van der Waals surface area contributed by atoms with Crippen molar-refractivity contribution in [1.82, 2.24) is 14.8 Å². The van der Waals surface area contributed by atoms with Gasteiger partial charge in [0.25, 0.3) is 0 Å². The molecule has 0 amide bonds. The summed E-state index contributed by atoms with van der Waals surface area (Å²) in [5.41, 5.74) is -0.887. The smallest absolute Gasteiger partial charge is 0.313 e. The van der Waals surface area contributed by atoms with Crippen LogP contribution in [0.3, 0.4) is 0 Å². The van der Waals surface area contributed by atoms with E-state index in [1.54, 1.807) is 11.5 Å². The van der Waals surface area contributed by atoms with Gasteiger partial charge < -0.3 is 14.4 Å². The van der Waals surface area contributed by atoms with Crippen molar-refractivity contribution in [3.63, 3.8) is 0 Å². The highest BCUT2D eigenvalue weighted by molar-refractivity contribution is 5.75. The van der Waals surface area contributed by atoms with Gasteiger partial charge in [0.15, 0.2) is 0 Å². The Kier molecular flexibility index (Phi) is 1.99. The van der Waals surface area contributed by atoms with Gasteiger partial charge in [-0.2, -0.15) is 0 Å². The van der Waals surface area contributed by atoms with Crippen LogP contribution in [0, 0.1) is 5.41 Å². The highest BCUT2D eigenvalue weighted by Gasteiger charge is 2.47. The molecule has 0 saturated carbocycles. The summed E-state index contributed by atoms with van der Waals surface area (Å²) in [5, 5.41) is 16.4. The normalized spacial score (nSPS) is 31.9. The Balaban J connectivity index is 2.32. The third kappa shape index (κ3) is 1.19. The number of hydrogen-bond donors (Lipinski definition) is 1. The van der Waals surface area contributed by atoms with Gasteiger partial charge in [-0.1, -0.05) is 0 Å². The number of ether oxygens (including phenoxy) is 1. The van der Waals surface area contributed by atoms with Crippen molar-refractivity contribution in [3.05, 3.63) is 12.7 Å². The van der Waals surface area contributed by atoms with Crippen molar-refractivity contribution < 1.29 is 14.6 Å². The second-order valence-electron chi connectivity index (χ2n) is 3.66. The molecule has 2 rings (SSSR count). The molecule has 6 heteroatoms. The first kappa shape index (κ1) is 9.14. The Labute approximate surface area is 80.5 Å². The predicted molar refractivity (Wildman–Crippen MR) is 45.6 cm³/mol. The van der Waals surface area contributed by atoms with Crippen molar-refractivity contribution in [3.8, 4) is 0 Å². The van der Waals surface area contributed by atoms with Gasteiger partial charge in [-0.25, -0.2) is 0 Å². The van der Waals surface area contributed by atoms with E-state index in [-0.39, 0.29) is 12.6 Å². The zero-order valence-corrected chi connectivity index (χ0v) is 7.75. The van der Waals surface area contributed by atoms with E-state index in [2.05, 4.69) is 10.2 Å². The van der Waals surface area contributed by atoms with Gasteiger partial charge in [-0.05, 0) is 6.92 Å². The number of aromatic nitrogens is 3. The van der Waals surface area contributed by atoms with Crippen molar-refractivity contribution in [2.45, 2.75) is 13.0 Å². The second kappa shape index (κ2) is 3.06. The summed E-state index contributed by atoms with van der Waals surface area (Å²) in [6, 6.07) is -0.227. The molecule has 6 nitrogen and oxygen atoms in total. The van der Waals surface area contributed by atoms with E-state index < -0.39 is 11.4 Å². The van der Waals surface area contributed by atoms with E-state index in [0.717, 1.165) is 0 Å². The van der Waals surface area contributed by atoms with Crippen LogP contribution in [0.1, 0.15) is 13.0 Å². The molecule has 1 aliphatic rings. The molecule has 0 spiro atoms. The lowest BCUT2D eigenvalue weighted by Crippen LogP contribution is -2.36. The van der Waals surface area contributed by atoms with E-state index in [0.29, 0.717) is 6.61 Å². The summed E-state index contributed by atoms with van der Waals surface area (Å²) < 4.78 is 6.88. The summed E-state index contributed by atoms with van der Waals surface area (Å²) in [6.45, 7) is 2.29. The highest BCUT2D eigenvalue weighted by Crippen LogP contribution is 2.37. The number of rotatable bonds is 2. The molecule has 1 aromatic heterocycles. The van der Waals surface area contributed by atoms with Crippen molar-refractivity contribution >= 4 is 5.97 Å². The first-order chi connectivity index (χ1) is 6.64. The van der Waals surface area contributed by atoms with Crippen LogP contribution in [0.2, 0.25) is 0 Å². The zero-order valence-electron chi connectivity index (χ0n) is 7.75. The molecule has 1 fully saturated rings. The maximum atomic E-state index is 11.1. The van der Waals surface area contributed by atoms with Gasteiger partial charge in [-0.3, -0.25) is 4.79 Å². The monoisotopic (exact) mass is 197 g/mol. The molecule has 1 aliphatic heterocycles. The average molecular weight is 197 g/mol. The summed E-state index contributed by atoms with van der Waals surface area (Å²) in [6.07, 6.45) is 3.03. The minimum absolute atomic E-state index is 0.227. The van der Waals surface area contributed by atoms with Crippen LogP contribution in [0.15, 0.2) is 12.7 Å². The molecule has 76 valence electrons. The van der Waals surface area contributed by atoms with Crippen LogP contribution in [0.5, 0.6) is 0 Å². The van der Waals surface area contributed by atoms with Crippen LogP contribution >= 0.6 is 0 Å². The maximum absolute atomic E-state index is 11.1. The Morgan fingerprint density at radius 2 is 2.29 bits per heavy atom. The first-order valence-electron chi connectivity index (χ1n) is 4.30. The van der Waals surface area contributed by atoms with E-state index >= 15 is 0 Å². The van der Waals surface area contributed by atoms with E-state index in [4.69, 9.17) is 9.84 Å². The van der Waals surface area contributed by atoms with Crippen molar-refractivity contribution in [1.29, 1.82) is 0 Å².